The van der Waals surface area contributed by atoms with Gasteiger partial charge in [0.25, 0.3) is 0 Å². The molecular weight excluding hydrogens is 472 g/mol. The highest BCUT2D eigenvalue weighted by Gasteiger charge is 2.35. The van der Waals surface area contributed by atoms with Crippen molar-refractivity contribution < 1.29 is 14.3 Å². The van der Waals surface area contributed by atoms with Gasteiger partial charge in [0.15, 0.2) is 0 Å². The van der Waals surface area contributed by atoms with E-state index in [1.807, 2.05) is 57.2 Å². The summed E-state index contributed by atoms with van der Waals surface area (Å²) in [6.45, 7) is 10.3. The third-order valence-electron chi connectivity index (χ3n) is 5.95. The fourth-order valence-corrected chi connectivity index (χ4v) is 4.97. The second-order valence-corrected chi connectivity index (χ2v) is 10.2. The fourth-order valence-electron chi connectivity index (χ4n) is 4.06. The average Bonchev–Trinajstić information content (AvgIpc) is 3.24. The molecule has 0 fully saturated rings. The minimum Gasteiger partial charge on any atom is -0.489 e. The summed E-state index contributed by atoms with van der Waals surface area (Å²) in [7, 11) is 0. The Morgan fingerprint density at radius 3 is 2.72 bits per heavy atom. The maximum Gasteiger partial charge on any atom is 0.338 e. The zero-order valence-corrected chi connectivity index (χ0v) is 22.4. The first-order chi connectivity index (χ1) is 17.4. The average molecular weight is 507 g/mol. The summed E-state index contributed by atoms with van der Waals surface area (Å²) in [5.41, 5.74) is 4.42. The van der Waals surface area contributed by atoms with Crippen LogP contribution in [-0.2, 0) is 16.1 Å². The van der Waals surface area contributed by atoms with Gasteiger partial charge in [-0.05, 0) is 62.9 Å². The van der Waals surface area contributed by atoms with Gasteiger partial charge in [0.2, 0.25) is 11.1 Å². The molecular formula is C28H34N4O3S. The number of carbonyl (C=O) groups is 1. The van der Waals surface area contributed by atoms with Crippen molar-refractivity contribution in [1.82, 2.24) is 14.8 Å². The number of thioether (sulfide) groups is 1. The lowest BCUT2D eigenvalue weighted by molar-refractivity contribution is -0.143. The predicted molar refractivity (Wildman–Crippen MR) is 143 cm³/mol. The lowest BCUT2D eigenvalue weighted by Crippen LogP contribution is -2.30. The number of anilines is 1. The van der Waals surface area contributed by atoms with Gasteiger partial charge in [-0.1, -0.05) is 61.5 Å². The van der Waals surface area contributed by atoms with Gasteiger partial charge in [0, 0.05) is 11.4 Å². The van der Waals surface area contributed by atoms with Crippen molar-refractivity contribution >= 4 is 23.7 Å². The third kappa shape index (κ3) is 5.93. The Morgan fingerprint density at radius 2 is 1.97 bits per heavy atom. The molecule has 0 saturated carbocycles. The molecule has 0 spiro atoms. The summed E-state index contributed by atoms with van der Waals surface area (Å²) in [5.74, 6) is 1.92. The summed E-state index contributed by atoms with van der Waals surface area (Å²) in [4.78, 5) is 17.9. The Hall–Kier alpha value is -3.26. The van der Waals surface area contributed by atoms with E-state index in [4.69, 9.17) is 19.6 Å². The summed E-state index contributed by atoms with van der Waals surface area (Å²) < 4.78 is 13.6. The second kappa shape index (κ2) is 11.6. The maximum atomic E-state index is 13.2. The number of unbranched alkanes of at least 4 members (excludes halogenated alkanes) is 1. The highest BCUT2D eigenvalue weighted by Crippen LogP contribution is 2.38. The van der Waals surface area contributed by atoms with Gasteiger partial charge in [0.1, 0.15) is 18.4 Å². The Labute approximate surface area is 217 Å². The highest BCUT2D eigenvalue weighted by atomic mass is 32.2. The number of hydrogen-bond donors (Lipinski definition) is 1. The zero-order chi connectivity index (χ0) is 25.7. The number of hydrogen-bond acceptors (Lipinski definition) is 7. The van der Waals surface area contributed by atoms with E-state index in [9.17, 15) is 4.79 Å². The van der Waals surface area contributed by atoms with Crippen LogP contribution in [0.4, 0.5) is 5.95 Å². The van der Waals surface area contributed by atoms with Crippen molar-refractivity contribution in [2.45, 2.75) is 71.4 Å². The van der Waals surface area contributed by atoms with Crippen LogP contribution in [0.1, 0.15) is 63.3 Å². The number of ether oxygens (including phenoxy) is 2. The van der Waals surface area contributed by atoms with Crippen LogP contribution in [0, 0.1) is 6.92 Å². The first-order valence-corrected chi connectivity index (χ1v) is 13.4. The van der Waals surface area contributed by atoms with Crippen molar-refractivity contribution in [3.8, 4) is 5.75 Å². The van der Waals surface area contributed by atoms with Crippen LogP contribution in [0.3, 0.4) is 0 Å². The minimum atomic E-state index is -0.484. The Bertz CT molecular complexity index is 1250. The Balaban J connectivity index is 1.68. The summed E-state index contributed by atoms with van der Waals surface area (Å²) >= 11 is 1.63. The zero-order valence-electron chi connectivity index (χ0n) is 21.6. The molecule has 190 valence electrons. The van der Waals surface area contributed by atoms with Gasteiger partial charge in [-0.25, -0.2) is 9.48 Å². The normalized spacial score (nSPS) is 15.0. The van der Waals surface area contributed by atoms with E-state index < -0.39 is 6.04 Å². The molecule has 2 heterocycles. The van der Waals surface area contributed by atoms with Crippen LogP contribution in [-0.4, -0.2) is 32.6 Å². The number of aromatic nitrogens is 3. The number of allylic oxidation sites excluding steroid dienone is 1. The van der Waals surface area contributed by atoms with Crippen molar-refractivity contribution in [2.24, 2.45) is 0 Å². The molecule has 1 aliphatic heterocycles. The fraction of sp³-hybridized carbons (Fsp3) is 0.393. The van der Waals surface area contributed by atoms with Crippen LogP contribution in [0.2, 0.25) is 0 Å². The maximum absolute atomic E-state index is 13.2. The lowest BCUT2D eigenvalue weighted by Gasteiger charge is -2.28. The molecule has 0 saturated heterocycles. The van der Waals surface area contributed by atoms with Gasteiger partial charge < -0.3 is 14.8 Å². The molecule has 0 amide bonds. The molecule has 2 aromatic carbocycles. The van der Waals surface area contributed by atoms with E-state index in [-0.39, 0.29) is 12.1 Å². The number of carbonyl (C=O) groups excluding carboxylic acids is 1. The molecule has 1 aliphatic rings. The number of benzene rings is 2. The number of rotatable bonds is 10. The first kappa shape index (κ1) is 25.8. The van der Waals surface area contributed by atoms with Crippen LogP contribution in [0.25, 0.3) is 0 Å². The molecule has 1 aromatic heterocycles. The van der Waals surface area contributed by atoms with E-state index in [0.717, 1.165) is 35.5 Å². The Morgan fingerprint density at radius 1 is 1.17 bits per heavy atom. The van der Waals surface area contributed by atoms with Gasteiger partial charge >= 0.3 is 5.97 Å². The molecule has 1 unspecified atom stereocenters. The molecule has 1 atom stereocenters. The molecule has 0 aliphatic carbocycles. The number of fused-ring (bicyclic) bond motifs is 1. The van der Waals surface area contributed by atoms with E-state index in [0.29, 0.717) is 29.0 Å². The van der Waals surface area contributed by atoms with E-state index in [1.54, 1.807) is 16.4 Å². The quantitative estimate of drug-likeness (QED) is 0.196. The van der Waals surface area contributed by atoms with Gasteiger partial charge in [-0.3, -0.25) is 0 Å². The SMILES string of the molecule is CCCCSc1nc2n(n1)C(c1cccc(OCc3ccccc3C)c1)C(C(=O)OC(C)C)=C(C)N2. The molecule has 36 heavy (non-hydrogen) atoms. The van der Waals surface area contributed by atoms with E-state index in [2.05, 4.69) is 31.3 Å². The number of nitrogens with zero attached hydrogens (tertiary/aromatic N) is 3. The van der Waals surface area contributed by atoms with Crippen LogP contribution in [0.15, 0.2) is 65.0 Å². The number of esters is 1. The summed E-state index contributed by atoms with van der Waals surface area (Å²) in [6, 6.07) is 15.5. The number of nitrogens with one attached hydrogen (secondary N) is 1. The van der Waals surface area contributed by atoms with Crippen molar-refractivity contribution in [3.63, 3.8) is 0 Å². The molecule has 8 heteroatoms. The molecule has 3 aromatic rings. The van der Waals surface area contributed by atoms with Gasteiger partial charge in [0.05, 0.1) is 11.7 Å². The lowest BCUT2D eigenvalue weighted by atomic mass is 9.95. The van der Waals surface area contributed by atoms with Crippen LogP contribution >= 0.6 is 11.8 Å². The first-order valence-electron chi connectivity index (χ1n) is 12.4. The number of aryl methyl sites for hydroxylation is 1. The van der Waals surface area contributed by atoms with Gasteiger partial charge in [-0.15, -0.1) is 5.10 Å². The highest BCUT2D eigenvalue weighted by molar-refractivity contribution is 7.99. The summed E-state index contributed by atoms with van der Waals surface area (Å²) in [6.07, 6.45) is 1.97. The second-order valence-electron chi connectivity index (χ2n) is 9.17. The van der Waals surface area contributed by atoms with Crippen molar-refractivity contribution in [3.05, 3.63) is 76.5 Å². The smallest absolute Gasteiger partial charge is 0.338 e. The van der Waals surface area contributed by atoms with E-state index >= 15 is 0 Å². The van der Waals surface area contributed by atoms with Crippen LogP contribution < -0.4 is 10.1 Å². The summed E-state index contributed by atoms with van der Waals surface area (Å²) in [5, 5.41) is 8.74. The predicted octanol–water partition coefficient (Wildman–Crippen LogP) is 6.30. The standard InChI is InChI=1S/C28H34N4O3S/c1-6-7-15-36-28-30-27-29-20(5)24(26(33)35-18(2)3)25(32(27)31-28)21-13-10-14-23(16-21)34-17-22-12-9-8-11-19(22)4/h8-14,16,18,25H,6-7,15,17H2,1-5H3,(H,29,30,31). The largest absolute Gasteiger partial charge is 0.489 e. The monoisotopic (exact) mass is 506 g/mol. The molecule has 0 radical (unpaired) electrons. The van der Waals surface area contributed by atoms with Gasteiger partial charge in [-0.2, -0.15) is 4.98 Å². The molecule has 1 N–H and O–H groups in total. The Kier molecular flexibility index (Phi) is 8.36. The molecule has 7 nitrogen and oxygen atoms in total. The minimum absolute atomic E-state index is 0.237. The van der Waals surface area contributed by atoms with E-state index in [1.165, 1.54) is 5.56 Å². The van der Waals surface area contributed by atoms with Crippen molar-refractivity contribution in [2.75, 3.05) is 11.1 Å². The molecule has 0 bridgehead atoms. The van der Waals surface area contributed by atoms with Crippen molar-refractivity contribution in [1.29, 1.82) is 0 Å². The van der Waals surface area contributed by atoms with Crippen LogP contribution in [0.5, 0.6) is 5.75 Å². The topological polar surface area (TPSA) is 78.3 Å². The molecule has 4 rings (SSSR count). The third-order valence-corrected chi connectivity index (χ3v) is 6.88.